The molecule has 1 fully saturated rings. The molecule has 0 radical (unpaired) electrons. The number of carbonyl (C=O) groups is 1. The minimum Gasteiger partial charge on any atom is -0.491 e. The van der Waals surface area contributed by atoms with Crippen LogP contribution < -0.4 is 15.6 Å². The molecule has 31 heavy (non-hydrogen) atoms. The third-order valence-corrected chi connectivity index (χ3v) is 5.51. The zero-order valence-corrected chi connectivity index (χ0v) is 17.7. The molecular weight excluding hydrogens is 394 g/mol. The first-order valence-electron chi connectivity index (χ1n) is 10.6. The van der Waals surface area contributed by atoms with Gasteiger partial charge >= 0.3 is 0 Å². The summed E-state index contributed by atoms with van der Waals surface area (Å²) in [5, 5.41) is 3.47. The highest BCUT2D eigenvalue weighted by molar-refractivity contribution is 5.80. The van der Waals surface area contributed by atoms with Gasteiger partial charge in [-0.3, -0.25) is 14.2 Å². The van der Waals surface area contributed by atoms with E-state index in [4.69, 9.17) is 9.47 Å². The maximum atomic E-state index is 12.6. The van der Waals surface area contributed by atoms with Crippen molar-refractivity contribution in [2.75, 3.05) is 13.2 Å². The van der Waals surface area contributed by atoms with Crippen LogP contribution in [-0.2, 0) is 22.6 Å². The highest BCUT2D eigenvalue weighted by Gasteiger charge is 2.16. The Hall–Kier alpha value is -3.19. The first-order valence-corrected chi connectivity index (χ1v) is 10.6. The number of hydrogen-bond acceptors (Lipinski definition) is 5. The van der Waals surface area contributed by atoms with E-state index in [0.717, 1.165) is 36.3 Å². The van der Waals surface area contributed by atoms with Crippen molar-refractivity contribution in [2.45, 2.75) is 45.4 Å². The van der Waals surface area contributed by atoms with Crippen LogP contribution in [-0.4, -0.2) is 34.8 Å². The van der Waals surface area contributed by atoms with E-state index in [0.29, 0.717) is 24.1 Å². The van der Waals surface area contributed by atoms with E-state index in [2.05, 4.69) is 10.3 Å². The third kappa shape index (κ3) is 5.30. The van der Waals surface area contributed by atoms with Gasteiger partial charge < -0.3 is 14.8 Å². The second-order valence-electron chi connectivity index (χ2n) is 7.83. The number of aromatic nitrogens is 2. The summed E-state index contributed by atoms with van der Waals surface area (Å²) in [5.74, 6) is 0.680. The highest BCUT2D eigenvalue weighted by Crippen LogP contribution is 2.16. The lowest BCUT2D eigenvalue weighted by Gasteiger charge is -2.12. The van der Waals surface area contributed by atoms with Gasteiger partial charge in [0.15, 0.2) is 0 Å². The average Bonchev–Trinajstić information content (AvgIpc) is 3.31. The van der Waals surface area contributed by atoms with Crippen molar-refractivity contribution in [1.82, 2.24) is 14.9 Å². The van der Waals surface area contributed by atoms with E-state index in [-0.39, 0.29) is 30.5 Å². The summed E-state index contributed by atoms with van der Waals surface area (Å²) in [6, 6.07) is 13.2. The van der Waals surface area contributed by atoms with Crippen LogP contribution in [0.25, 0.3) is 10.9 Å². The normalized spacial score (nSPS) is 15.8. The highest BCUT2D eigenvalue weighted by atomic mass is 16.5. The average molecular weight is 421 g/mol. The van der Waals surface area contributed by atoms with Crippen LogP contribution in [0.15, 0.2) is 53.6 Å². The maximum Gasteiger partial charge on any atom is 0.261 e. The number of para-hydroxylation sites is 1. The standard InChI is InChI=1S/C24H27N3O4/c1-17-4-2-6-21-23(17)26-16-27(24(21)29)12-11-22(28)25-14-18-7-9-19(10-8-18)31-15-20-5-3-13-30-20/h2,4,6-10,16,20H,3,5,11-15H2,1H3,(H,25,28). The predicted octanol–water partition coefficient (Wildman–Crippen LogP) is 2.97. The van der Waals surface area contributed by atoms with Gasteiger partial charge in [0.1, 0.15) is 12.4 Å². The lowest BCUT2D eigenvalue weighted by Crippen LogP contribution is -2.27. The molecule has 1 atom stereocenters. The van der Waals surface area contributed by atoms with Crippen molar-refractivity contribution in [2.24, 2.45) is 0 Å². The van der Waals surface area contributed by atoms with Crippen LogP contribution in [0.3, 0.4) is 0 Å². The Kier molecular flexibility index (Phi) is 6.62. The van der Waals surface area contributed by atoms with Crippen molar-refractivity contribution < 1.29 is 14.3 Å². The molecule has 1 unspecified atom stereocenters. The first-order chi connectivity index (χ1) is 15.1. The van der Waals surface area contributed by atoms with E-state index in [1.165, 1.54) is 10.9 Å². The van der Waals surface area contributed by atoms with E-state index < -0.39 is 0 Å². The Bertz CT molecular complexity index is 1100. The Morgan fingerprint density at radius 1 is 1.26 bits per heavy atom. The Morgan fingerprint density at radius 2 is 2.10 bits per heavy atom. The molecule has 0 saturated carbocycles. The van der Waals surface area contributed by atoms with E-state index in [9.17, 15) is 9.59 Å². The smallest absolute Gasteiger partial charge is 0.261 e. The fourth-order valence-corrected chi connectivity index (χ4v) is 3.68. The number of nitrogens with zero attached hydrogens (tertiary/aromatic N) is 2. The molecular formula is C24H27N3O4. The SMILES string of the molecule is Cc1cccc2c(=O)n(CCC(=O)NCc3ccc(OCC4CCCO4)cc3)cnc12. The number of rotatable bonds is 8. The van der Waals surface area contributed by atoms with Crippen molar-refractivity contribution in [1.29, 1.82) is 0 Å². The minimum atomic E-state index is -0.125. The monoisotopic (exact) mass is 421 g/mol. The number of carbonyl (C=O) groups excluding carboxylic acids is 1. The molecule has 1 N–H and O–H groups in total. The number of hydrogen-bond donors (Lipinski definition) is 1. The zero-order valence-electron chi connectivity index (χ0n) is 17.7. The fourth-order valence-electron chi connectivity index (χ4n) is 3.68. The quantitative estimate of drug-likeness (QED) is 0.605. The molecule has 2 aromatic carbocycles. The molecule has 1 aliphatic rings. The summed E-state index contributed by atoms with van der Waals surface area (Å²) in [5.41, 5.74) is 2.53. The van der Waals surface area contributed by atoms with Crippen molar-refractivity contribution in [3.63, 3.8) is 0 Å². The van der Waals surface area contributed by atoms with Crippen molar-refractivity contribution in [3.05, 3.63) is 70.3 Å². The summed E-state index contributed by atoms with van der Waals surface area (Å²) in [4.78, 5) is 29.2. The fraction of sp³-hybridized carbons (Fsp3) is 0.375. The summed E-state index contributed by atoms with van der Waals surface area (Å²) in [6.45, 7) is 4.03. The van der Waals surface area contributed by atoms with Gasteiger partial charge in [0, 0.05) is 26.1 Å². The number of nitrogens with one attached hydrogen (secondary N) is 1. The number of aryl methyl sites for hydroxylation is 2. The van der Waals surface area contributed by atoms with Crippen molar-refractivity contribution >= 4 is 16.8 Å². The number of amides is 1. The van der Waals surface area contributed by atoms with Gasteiger partial charge in [0.2, 0.25) is 5.91 Å². The summed E-state index contributed by atoms with van der Waals surface area (Å²) in [7, 11) is 0. The van der Waals surface area contributed by atoms with E-state index >= 15 is 0 Å². The molecule has 3 aromatic rings. The second-order valence-corrected chi connectivity index (χ2v) is 7.83. The van der Waals surface area contributed by atoms with Crippen LogP contribution in [0.1, 0.15) is 30.4 Å². The third-order valence-electron chi connectivity index (χ3n) is 5.51. The molecule has 0 aliphatic carbocycles. The van der Waals surface area contributed by atoms with Crippen LogP contribution in [0.2, 0.25) is 0 Å². The van der Waals surface area contributed by atoms with Crippen LogP contribution in [0.5, 0.6) is 5.75 Å². The topological polar surface area (TPSA) is 82.5 Å². The Balaban J connectivity index is 1.25. The van der Waals surface area contributed by atoms with Gasteiger partial charge in [-0.05, 0) is 49.1 Å². The molecule has 162 valence electrons. The molecule has 1 aromatic heterocycles. The molecule has 1 saturated heterocycles. The molecule has 7 nitrogen and oxygen atoms in total. The van der Waals surface area contributed by atoms with Gasteiger partial charge in [-0.25, -0.2) is 4.98 Å². The number of fused-ring (bicyclic) bond motifs is 1. The Morgan fingerprint density at radius 3 is 2.87 bits per heavy atom. The van der Waals surface area contributed by atoms with Crippen LogP contribution in [0.4, 0.5) is 0 Å². The van der Waals surface area contributed by atoms with E-state index in [1.54, 1.807) is 6.07 Å². The number of ether oxygens (including phenoxy) is 2. The van der Waals surface area contributed by atoms with Gasteiger partial charge in [0.05, 0.1) is 23.3 Å². The molecule has 0 bridgehead atoms. The Labute approximate surface area is 181 Å². The van der Waals surface area contributed by atoms with Crippen LogP contribution >= 0.6 is 0 Å². The second kappa shape index (κ2) is 9.75. The van der Waals surface area contributed by atoms with Gasteiger partial charge in [-0.1, -0.05) is 24.3 Å². The molecule has 0 spiro atoms. The number of benzene rings is 2. The molecule has 2 heterocycles. The van der Waals surface area contributed by atoms with Gasteiger partial charge in [0.25, 0.3) is 5.56 Å². The summed E-state index contributed by atoms with van der Waals surface area (Å²) >= 11 is 0. The molecule has 1 amide bonds. The minimum absolute atomic E-state index is 0.116. The van der Waals surface area contributed by atoms with Gasteiger partial charge in [-0.15, -0.1) is 0 Å². The predicted molar refractivity (Wildman–Crippen MR) is 118 cm³/mol. The lowest BCUT2D eigenvalue weighted by atomic mass is 10.1. The largest absolute Gasteiger partial charge is 0.491 e. The molecule has 1 aliphatic heterocycles. The summed E-state index contributed by atoms with van der Waals surface area (Å²) < 4.78 is 12.8. The van der Waals surface area contributed by atoms with Crippen molar-refractivity contribution in [3.8, 4) is 5.75 Å². The lowest BCUT2D eigenvalue weighted by molar-refractivity contribution is -0.121. The van der Waals surface area contributed by atoms with Gasteiger partial charge in [-0.2, -0.15) is 0 Å². The van der Waals surface area contributed by atoms with E-state index in [1.807, 2.05) is 43.3 Å². The first kappa shape index (κ1) is 21.1. The van der Waals surface area contributed by atoms with Crippen LogP contribution in [0, 0.1) is 6.92 Å². The maximum absolute atomic E-state index is 12.6. The zero-order chi connectivity index (χ0) is 21.6. The molecule has 4 rings (SSSR count). The summed E-state index contributed by atoms with van der Waals surface area (Å²) in [6.07, 6.45) is 4.05. The molecule has 7 heteroatoms.